The fraction of sp³-hybridized carbons (Fsp3) is 0. The van der Waals surface area contributed by atoms with Crippen molar-refractivity contribution in [3.8, 4) is 0 Å². The first-order chi connectivity index (χ1) is 10.9. The average molecular weight is 381 g/mol. The third-order valence-corrected chi connectivity index (χ3v) is 3.09. The van der Waals surface area contributed by atoms with Crippen LogP contribution < -0.4 is 5.32 Å². The van der Waals surface area contributed by atoms with E-state index in [4.69, 9.17) is 9.52 Å². The van der Waals surface area contributed by atoms with Gasteiger partial charge in [0, 0.05) is 12.1 Å². The predicted molar refractivity (Wildman–Crippen MR) is 82.6 cm³/mol. The molecule has 0 atom stereocenters. The number of benzene rings is 1. The summed E-state index contributed by atoms with van der Waals surface area (Å²) in [4.78, 5) is 33.3. The molecular formula is C14H9BrN2O6. The van der Waals surface area contributed by atoms with Gasteiger partial charge in [0.2, 0.25) is 0 Å². The van der Waals surface area contributed by atoms with Crippen LogP contribution in [0.1, 0.15) is 16.1 Å². The predicted octanol–water partition coefficient (Wildman–Crippen LogP) is 2.81. The first kappa shape index (κ1) is 16.4. The molecule has 0 saturated carbocycles. The van der Waals surface area contributed by atoms with Crippen LogP contribution in [-0.4, -0.2) is 21.9 Å². The molecule has 2 aromatic rings. The number of carbonyl (C=O) groups excluding carboxylic acids is 1. The molecule has 0 spiro atoms. The maximum Gasteiger partial charge on any atom is 0.352 e. The molecule has 0 aliphatic rings. The lowest BCUT2D eigenvalue weighted by Crippen LogP contribution is -2.26. The minimum Gasteiger partial charge on any atom is -0.477 e. The van der Waals surface area contributed by atoms with E-state index in [1.807, 2.05) is 0 Å². The Bertz CT molecular complexity index is 811. The van der Waals surface area contributed by atoms with Gasteiger partial charge < -0.3 is 14.8 Å². The van der Waals surface area contributed by atoms with Gasteiger partial charge in [-0.15, -0.1) is 0 Å². The topological polar surface area (TPSA) is 123 Å². The van der Waals surface area contributed by atoms with Crippen LogP contribution in [0.2, 0.25) is 0 Å². The van der Waals surface area contributed by atoms with Gasteiger partial charge >= 0.3 is 5.97 Å². The van der Waals surface area contributed by atoms with Crippen molar-refractivity contribution >= 4 is 39.6 Å². The lowest BCUT2D eigenvalue weighted by atomic mass is 10.1. The van der Waals surface area contributed by atoms with Crippen LogP contribution >= 0.6 is 15.9 Å². The number of amides is 1. The van der Waals surface area contributed by atoms with Crippen molar-refractivity contribution in [1.82, 2.24) is 5.32 Å². The largest absolute Gasteiger partial charge is 0.477 e. The van der Waals surface area contributed by atoms with Gasteiger partial charge in [0.05, 0.1) is 4.92 Å². The molecular weight excluding hydrogens is 372 g/mol. The molecule has 0 radical (unpaired) electrons. The van der Waals surface area contributed by atoms with E-state index in [0.29, 0.717) is 4.67 Å². The summed E-state index contributed by atoms with van der Waals surface area (Å²) in [6, 6.07) is 8.21. The molecule has 0 aliphatic heterocycles. The second kappa shape index (κ2) is 6.88. The third kappa shape index (κ3) is 4.27. The van der Waals surface area contributed by atoms with Gasteiger partial charge in [0.1, 0.15) is 5.70 Å². The molecule has 0 fully saturated rings. The second-order valence-electron chi connectivity index (χ2n) is 4.27. The van der Waals surface area contributed by atoms with Gasteiger partial charge in [-0.3, -0.25) is 14.9 Å². The number of furan rings is 1. The Balaban J connectivity index is 2.27. The highest BCUT2D eigenvalue weighted by Gasteiger charge is 2.16. The fourth-order valence-corrected chi connectivity index (χ4v) is 1.97. The molecule has 0 bridgehead atoms. The molecule has 2 rings (SSSR count). The molecule has 23 heavy (non-hydrogen) atoms. The molecule has 2 N–H and O–H groups in total. The van der Waals surface area contributed by atoms with Crippen LogP contribution in [0.3, 0.4) is 0 Å². The normalized spacial score (nSPS) is 11.1. The molecule has 1 heterocycles. The number of nitro benzene ring substituents is 1. The standard InChI is InChI=1S/C14H9BrN2O6/c15-12-5-4-11(23-12)13(18)16-10(14(19)20)7-8-2-1-3-9(6-8)17(21)22/h1-7H,(H,16,18)(H,19,20)/b10-7-. The minimum absolute atomic E-state index is 0.0805. The number of carboxylic acid groups (broad SMARTS) is 1. The zero-order chi connectivity index (χ0) is 17.0. The lowest BCUT2D eigenvalue weighted by Gasteiger charge is -2.04. The van der Waals surface area contributed by atoms with Crippen molar-refractivity contribution in [3.05, 3.63) is 68.2 Å². The number of rotatable bonds is 5. The molecule has 1 amide bonds. The summed E-state index contributed by atoms with van der Waals surface area (Å²) in [5, 5.41) is 22.1. The maximum atomic E-state index is 11.9. The second-order valence-corrected chi connectivity index (χ2v) is 5.05. The van der Waals surface area contributed by atoms with Gasteiger partial charge in [0.15, 0.2) is 10.4 Å². The number of carbonyl (C=O) groups is 2. The molecule has 0 saturated heterocycles. The van der Waals surface area contributed by atoms with E-state index in [9.17, 15) is 19.7 Å². The van der Waals surface area contributed by atoms with Crippen LogP contribution in [0.15, 0.2) is 51.2 Å². The number of aliphatic carboxylic acids is 1. The van der Waals surface area contributed by atoms with Gasteiger partial charge in [-0.1, -0.05) is 12.1 Å². The highest BCUT2D eigenvalue weighted by molar-refractivity contribution is 9.10. The number of nitrogens with one attached hydrogen (secondary N) is 1. The molecule has 8 nitrogen and oxygen atoms in total. The SMILES string of the molecule is O=C(O)/C(=C/c1cccc([N+](=O)[O-])c1)NC(=O)c1ccc(Br)o1. The molecule has 1 aromatic heterocycles. The van der Waals surface area contributed by atoms with E-state index in [0.717, 1.165) is 6.08 Å². The monoisotopic (exact) mass is 380 g/mol. The highest BCUT2D eigenvalue weighted by atomic mass is 79.9. The summed E-state index contributed by atoms with van der Waals surface area (Å²) in [6.45, 7) is 0. The quantitative estimate of drug-likeness (QED) is 0.467. The smallest absolute Gasteiger partial charge is 0.352 e. The Hall–Kier alpha value is -2.94. The van der Waals surface area contributed by atoms with Gasteiger partial charge in [-0.05, 0) is 39.7 Å². The number of hydrogen-bond donors (Lipinski definition) is 2. The van der Waals surface area contributed by atoms with Gasteiger partial charge in [-0.25, -0.2) is 4.79 Å². The maximum absolute atomic E-state index is 11.9. The summed E-state index contributed by atoms with van der Waals surface area (Å²) in [7, 11) is 0. The van der Waals surface area contributed by atoms with E-state index in [1.165, 1.54) is 36.4 Å². The Morgan fingerprint density at radius 1 is 1.30 bits per heavy atom. The number of nitrogens with zero attached hydrogens (tertiary/aromatic N) is 1. The van der Waals surface area contributed by atoms with Crippen molar-refractivity contribution in [2.75, 3.05) is 0 Å². The average Bonchev–Trinajstić information content (AvgIpc) is 2.93. The van der Waals surface area contributed by atoms with E-state index in [-0.39, 0.29) is 17.0 Å². The Labute approximate surface area is 137 Å². The van der Waals surface area contributed by atoms with Crippen molar-refractivity contribution in [2.24, 2.45) is 0 Å². The summed E-state index contributed by atoms with van der Waals surface area (Å²) in [5.41, 5.74) is -0.370. The first-order valence-electron chi connectivity index (χ1n) is 6.13. The van der Waals surface area contributed by atoms with Crippen LogP contribution in [0, 0.1) is 10.1 Å². The number of nitro groups is 1. The van der Waals surface area contributed by atoms with Crippen LogP contribution in [0.5, 0.6) is 0 Å². The molecule has 0 unspecified atom stereocenters. The Kier molecular flexibility index (Phi) is 4.91. The van der Waals surface area contributed by atoms with Gasteiger partial charge in [-0.2, -0.15) is 0 Å². The van der Waals surface area contributed by atoms with E-state index in [1.54, 1.807) is 0 Å². The van der Waals surface area contributed by atoms with E-state index in [2.05, 4.69) is 21.2 Å². The highest BCUT2D eigenvalue weighted by Crippen LogP contribution is 2.17. The molecule has 1 aromatic carbocycles. The zero-order valence-corrected chi connectivity index (χ0v) is 12.9. The summed E-state index contributed by atoms with van der Waals surface area (Å²) in [6.07, 6.45) is 1.12. The lowest BCUT2D eigenvalue weighted by molar-refractivity contribution is -0.384. The fourth-order valence-electron chi connectivity index (χ4n) is 1.67. The number of carboxylic acids is 1. The van der Waals surface area contributed by atoms with Crippen LogP contribution in [0.4, 0.5) is 5.69 Å². The number of halogens is 1. The van der Waals surface area contributed by atoms with Crippen molar-refractivity contribution in [3.63, 3.8) is 0 Å². The van der Waals surface area contributed by atoms with Crippen molar-refractivity contribution in [1.29, 1.82) is 0 Å². The first-order valence-corrected chi connectivity index (χ1v) is 6.92. The summed E-state index contributed by atoms with van der Waals surface area (Å²) < 4.78 is 5.34. The zero-order valence-electron chi connectivity index (χ0n) is 11.4. The summed E-state index contributed by atoms with van der Waals surface area (Å²) >= 11 is 3.03. The molecule has 9 heteroatoms. The van der Waals surface area contributed by atoms with E-state index >= 15 is 0 Å². The van der Waals surface area contributed by atoms with Gasteiger partial charge in [0.25, 0.3) is 11.6 Å². The molecule has 0 aliphatic carbocycles. The van der Waals surface area contributed by atoms with Crippen molar-refractivity contribution in [2.45, 2.75) is 0 Å². The summed E-state index contributed by atoms with van der Waals surface area (Å²) in [5.74, 6) is -2.23. The van der Waals surface area contributed by atoms with Crippen LogP contribution in [0.25, 0.3) is 6.08 Å². The third-order valence-electron chi connectivity index (χ3n) is 2.67. The number of non-ortho nitro benzene ring substituents is 1. The molecule has 118 valence electrons. The minimum atomic E-state index is -1.39. The number of hydrogen-bond acceptors (Lipinski definition) is 5. The van der Waals surface area contributed by atoms with E-state index < -0.39 is 22.5 Å². The Morgan fingerprint density at radius 2 is 2.04 bits per heavy atom. The van der Waals surface area contributed by atoms with Crippen molar-refractivity contribution < 1.29 is 24.0 Å². The Morgan fingerprint density at radius 3 is 2.61 bits per heavy atom. The van der Waals surface area contributed by atoms with Crippen LogP contribution in [-0.2, 0) is 4.79 Å².